The number of amides is 1. The molecule has 1 heterocycles. The van der Waals surface area contributed by atoms with Crippen molar-refractivity contribution >= 4 is 5.91 Å². The maximum atomic E-state index is 12.0. The van der Waals surface area contributed by atoms with E-state index in [-0.39, 0.29) is 5.91 Å². The van der Waals surface area contributed by atoms with Gasteiger partial charge in [0.15, 0.2) is 0 Å². The van der Waals surface area contributed by atoms with Crippen LogP contribution >= 0.6 is 0 Å². The van der Waals surface area contributed by atoms with Crippen LogP contribution in [0.25, 0.3) is 0 Å². The molecule has 4 heteroatoms. The van der Waals surface area contributed by atoms with E-state index in [0.29, 0.717) is 18.4 Å². The van der Waals surface area contributed by atoms with Crippen molar-refractivity contribution in [2.45, 2.75) is 51.7 Å². The number of hydrogen-bond acceptors (Lipinski definition) is 3. The van der Waals surface area contributed by atoms with Crippen LogP contribution in [-0.2, 0) is 9.53 Å². The van der Waals surface area contributed by atoms with Crippen LogP contribution in [0.3, 0.4) is 0 Å². The Morgan fingerprint density at radius 3 is 2.71 bits per heavy atom. The van der Waals surface area contributed by atoms with E-state index in [0.717, 1.165) is 13.1 Å². The van der Waals surface area contributed by atoms with Crippen LogP contribution in [0.5, 0.6) is 0 Å². The van der Waals surface area contributed by atoms with Crippen molar-refractivity contribution < 1.29 is 9.53 Å². The third-order valence-electron chi connectivity index (χ3n) is 3.92. The molecule has 0 spiro atoms. The molecule has 0 aliphatic carbocycles. The highest BCUT2D eigenvalue weighted by Gasteiger charge is 2.31. The van der Waals surface area contributed by atoms with Gasteiger partial charge in [-0.05, 0) is 45.6 Å². The lowest BCUT2D eigenvalue weighted by Gasteiger charge is -2.30. The first-order valence-electron chi connectivity index (χ1n) is 6.58. The van der Waals surface area contributed by atoms with Crippen LogP contribution < -0.4 is 10.6 Å². The van der Waals surface area contributed by atoms with E-state index in [1.807, 2.05) is 13.8 Å². The highest BCUT2D eigenvalue weighted by molar-refractivity contribution is 5.84. The van der Waals surface area contributed by atoms with E-state index in [1.54, 1.807) is 7.11 Å². The second-order valence-corrected chi connectivity index (χ2v) is 5.25. The second kappa shape index (κ2) is 6.36. The molecule has 0 aromatic carbocycles. The molecule has 1 saturated heterocycles. The normalized spacial score (nSPS) is 28.5. The molecule has 3 atom stereocenters. The summed E-state index contributed by atoms with van der Waals surface area (Å²) in [6.07, 6.45) is 3.06. The average Bonchev–Trinajstić information content (AvgIpc) is 2.36. The van der Waals surface area contributed by atoms with Gasteiger partial charge in [0.25, 0.3) is 5.91 Å². The Morgan fingerprint density at radius 1 is 1.53 bits per heavy atom. The van der Waals surface area contributed by atoms with Crippen molar-refractivity contribution in [3.05, 3.63) is 0 Å². The number of nitrogens with one attached hydrogen (secondary N) is 2. The molecule has 1 fully saturated rings. The molecule has 0 aromatic heterocycles. The highest BCUT2D eigenvalue weighted by atomic mass is 16.5. The lowest BCUT2D eigenvalue weighted by atomic mass is 9.95. The van der Waals surface area contributed by atoms with E-state index in [1.165, 1.54) is 12.8 Å². The van der Waals surface area contributed by atoms with Crippen LogP contribution in [0.1, 0.15) is 40.0 Å². The summed E-state index contributed by atoms with van der Waals surface area (Å²) in [5.41, 5.74) is -0.685. The van der Waals surface area contributed by atoms with Gasteiger partial charge in [-0.2, -0.15) is 0 Å². The Kier molecular flexibility index (Phi) is 5.40. The summed E-state index contributed by atoms with van der Waals surface area (Å²) in [5.74, 6) is 0.550. The van der Waals surface area contributed by atoms with E-state index < -0.39 is 5.60 Å². The molecule has 1 rings (SSSR count). The van der Waals surface area contributed by atoms with Crippen molar-refractivity contribution in [3.8, 4) is 0 Å². The minimum atomic E-state index is -0.685. The van der Waals surface area contributed by atoms with E-state index in [4.69, 9.17) is 4.74 Å². The predicted molar refractivity (Wildman–Crippen MR) is 68.9 cm³/mol. The van der Waals surface area contributed by atoms with Crippen molar-refractivity contribution in [3.63, 3.8) is 0 Å². The van der Waals surface area contributed by atoms with Crippen molar-refractivity contribution in [2.75, 3.05) is 20.2 Å². The molecule has 100 valence electrons. The molecule has 0 radical (unpaired) electrons. The van der Waals surface area contributed by atoms with Gasteiger partial charge in [-0.25, -0.2) is 0 Å². The lowest BCUT2D eigenvalue weighted by Crippen LogP contribution is -2.49. The van der Waals surface area contributed by atoms with Crippen LogP contribution in [0.2, 0.25) is 0 Å². The molecule has 1 amide bonds. The van der Waals surface area contributed by atoms with E-state index in [9.17, 15) is 4.79 Å². The number of methoxy groups -OCH3 is 1. The average molecular weight is 242 g/mol. The summed E-state index contributed by atoms with van der Waals surface area (Å²) in [6, 6.07) is 0.613. The summed E-state index contributed by atoms with van der Waals surface area (Å²) in [6.45, 7) is 7.75. The zero-order valence-electron chi connectivity index (χ0n) is 11.5. The van der Waals surface area contributed by atoms with Crippen molar-refractivity contribution in [1.82, 2.24) is 10.6 Å². The summed E-state index contributed by atoms with van der Waals surface area (Å²) in [4.78, 5) is 12.0. The van der Waals surface area contributed by atoms with Gasteiger partial charge in [-0.1, -0.05) is 6.92 Å². The second-order valence-electron chi connectivity index (χ2n) is 5.25. The summed E-state index contributed by atoms with van der Waals surface area (Å²) >= 11 is 0. The smallest absolute Gasteiger partial charge is 0.251 e. The van der Waals surface area contributed by atoms with Gasteiger partial charge < -0.3 is 15.4 Å². The quantitative estimate of drug-likeness (QED) is 0.764. The Balaban J connectivity index is 2.33. The molecule has 3 unspecified atom stereocenters. The molecule has 0 bridgehead atoms. The number of ether oxygens (including phenoxy) is 1. The standard InChI is InChI=1S/C13H26N2O2/c1-5-13(3,17-4)12(16)15-9-11-7-6-10(2)14-8-11/h10-11,14H,5-9H2,1-4H3,(H,15,16). The Labute approximate surface area is 104 Å². The van der Waals surface area contributed by atoms with Gasteiger partial charge in [-0.3, -0.25) is 4.79 Å². The Hall–Kier alpha value is -0.610. The molecule has 17 heavy (non-hydrogen) atoms. The first kappa shape index (κ1) is 14.5. The summed E-state index contributed by atoms with van der Waals surface area (Å²) in [7, 11) is 1.59. The molecule has 4 nitrogen and oxygen atoms in total. The van der Waals surface area contributed by atoms with Crippen LogP contribution in [0.4, 0.5) is 0 Å². The van der Waals surface area contributed by atoms with Gasteiger partial charge in [0.05, 0.1) is 0 Å². The highest BCUT2D eigenvalue weighted by Crippen LogP contribution is 2.16. The molecule has 1 aliphatic rings. The number of carbonyl (C=O) groups is 1. The molecule has 0 saturated carbocycles. The third kappa shape index (κ3) is 3.96. The zero-order valence-corrected chi connectivity index (χ0v) is 11.5. The minimum Gasteiger partial charge on any atom is -0.369 e. The van der Waals surface area contributed by atoms with Crippen molar-refractivity contribution in [1.29, 1.82) is 0 Å². The summed E-state index contributed by atoms with van der Waals surface area (Å²) < 4.78 is 5.28. The number of piperidine rings is 1. The topological polar surface area (TPSA) is 50.4 Å². The van der Waals surface area contributed by atoms with Gasteiger partial charge >= 0.3 is 0 Å². The Bertz CT molecular complexity index is 244. The van der Waals surface area contributed by atoms with Gasteiger partial charge in [0.2, 0.25) is 0 Å². The maximum Gasteiger partial charge on any atom is 0.251 e. The predicted octanol–water partition coefficient (Wildman–Crippen LogP) is 1.31. The SMILES string of the molecule is CCC(C)(OC)C(=O)NCC1CCC(C)NC1. The zero-order chi connectivity index (χ0) is 12.9. The van der Waals surface area contributed by atoms with E-state index >= 15 is 0 Å². The first-order chi connectivity index (χ1) is 8.01. The number of carbonyl (C=O) groups excluding carboxylic acids is 1. The molecule has 0 aromatic rings. The lowest BCUT2D eigenvalue weighted by molar-refractivity contribution is -0.142. The van der Waals surface area contributed by atoms with E-state index in [2.05, 4.69) is 17.6 Å². The largest absolute Gasteiger partial charge is 0.369 e. The minimum absolute atomic E-state index is 0.00104. The van der Waals surface area contributed by atoms with Gasteiger partial charge in [-0.15, -0.1) is 0 Å². The summed E-state index contributed by atoms with van der Waals surface area (Å²) in [5, 5.41) is 6.45. The fourth-order valence-corrected chi connectivity index (χ4v) is 2.05. The fraction of sp³-hybridized carbons (Fsp3) is 0.923. The molecule has 1 aliphatic heterocycles. The molecular weight excluding hydrogens is 216 g/mol. The maximum absolute atomic E-state index is 12.0. The van der Waals surface area contributed by atoms with Crippen molar-refractivity contribution in [2.24, 2.45) is 5.92 Å². The first-order valence-corrected chi connectivity index (χ1v) is 6.58. The Morgan fingerprint density at radius 2 is 2.24 bits per heavy atom. The molecule has 2 N–H and O–H groups in total. The number of rotatable bonds is 5. The number of hydrogen-bond donors (Lipinski definition) is 2. The van der Waals surface area contributed by atoms with Gasteiger partial charge in [0.1, 0.15) is 5.60 Å². The third-order valence-corrected chi connectivity index (χ3v) is 3.92. The molecular formula is C13H26N2O2. The van der Waals surface area contributed by atoms with Crippen LogP contribution in [0.15, 0.2) is 0 Å². The van der Waals surface area contributed by atoms with Crippen LogP contribution in [-0.4, -0.2) is 37.7 Å². The monoisotopic (exact) mass is 242 g/mol. The van der Waals surface area contributed by atoms with Crippen LogP contribution in [0, 0.1) is 5.92 Å². The van der Waals surface area contributed by atoms with Gasteiger partial charge in [0, 0.05) is 19.7 Å². The fourth-order valence-electron chi connectivity index (χ4n) is 2.05.